The second-order valence-corrected chi connectivity index (χ2v) is 5.52. The third-order valence-electron chi connectivity index (χ3n) is 2.58. The molecule has 0 aliphatic carbocycles. The molecule has 1 heterocycles. The van der Waals surface area contributed by atoms with Gasteiger partial charge in [-0.3, -0.25) is 4.79 Å². The van der Waals surface area contributed by atoms with Crippen molar-refractivity contribution in [3.63, 3.8) is 0 Å². The Hall–Kier alpha value is -1.50. The van der Waals surface area contributed by atoms with Gasteiger partial charge < -0.3 is 15.9 Å². The number of nitrogens with two attached hydrogens (primary N) is 1. The standard InChI is InChI=1S/C12H20N4O2S/c1-3-5-8-6-11(17)15-12(14-8)19-9(4-2)7-10(13)16-18/h6,9,18H,3-5,7H2,1-2H3,(H2,13,16)(H,14,15,17). The Morgan fingerprint density at radius 3 is 2.95 bits per heavy atom. The van der Waals surface area contributed by atoms with E-state index in [9.17, 15) is 4.79 Å². The summed E-state index contributed by atoms with van der Waals surface area (Å²) < 4.78 is 0. The molecule has 0 radical (unpaired) electrons. The number of thioether (sulfide) groups is 1. The fourth-order valence-corrected chi connectivity index (χ4v) is 2.69. The molecule has 1 rings (SSSR count). The predicted molar refractivity (Wildman–Crippen MR) is 76.8 cm³/mol. The summed E-state index contributed by atoms with van der Waals surface area (Å²) in [6.45, 7) is 4.05. The first-order chi connectivity index (χ1) is 9.08. The van der Waals surface area contributed by atoms with Gasteiger partial charge in [-0.15, -0.1) is 0 Å². The molecule has 1 aromatic rings. The van der Waals surface area contributed by atoms with Gasteiger partial charge in [0.15, 0.2) is 5.16 Å². The number of oxime groups is 1. The zero-order valence-electron chi connectivity index (χ0n) is 11.2. The van der Waals surface area contributed by atoms with Crippen LogP contribution < -0.4 is 11.3 Å². The highest BCUT2D eigenvalue weighted by Gasteiger charge is 2.13. The van der Waals surface area contributed by atoms with Crippen LogP contribution in [0.2, 0.25) is 0 Å². The largest absolute Gasteiger partial charge is 0.409 e. The second kappa shape index (κ2) is 7.83. The molecule has 1 aromatic heterocycles. The van der Waals surface area contributed by atoms with Gasteiger partial charge in [0.25, 0.3) is 5.56 Å². The van der Waals surface area contributed by atoms with Gasteiger partial charge in [0.05, 0.1) is 0 Å². The summed E-state index contributed by atoms with van der Waals surface area (Å²) in [5.74, 6) is 0.186. The van der Waals surface area contributed by atoms with Crippen molar-refractivity contribution in [2.24, 2.45) is 10.9 Å². The van der Waals surface area contributed by atoms with Crippen molar-refractivity contribution in [1.82, 2.24) is 9.97 Å². The lowest BCUT2D eigenvalue weighted by molar-refractivity contribution is 0.316. The van der Waals surface area contributed by atoms with E-state index in [1.807, 2.05) is 13.8 Å². The van der Waals surface area contributed by atoms with Crippen LogP contribution in [-0.4, -0.2) is 26.3 Å². The van der Waals surface area contributed by atoms with Crippen LogP contribution in [0.4, 0.5) is 0 Å². The number of rotatable bonds is 7. The van der Waals surface area contributed by atoms with Crippen LogP contribution in [0.5, 0.6) is 0 Å². The van der Waals surface area contributed by atoms with Crippen LogP contribution in [0.3, 0.4) is 0 Å². The highest BCUT2D eigenvalue weighted by molar-refractivity contribution is 7.99. The second-order valence-electron chi connectivity index (χ2n) is 4.24. The van der Waals surface area contributed by atoms with Crippen molar-refractivity contribution in [2.75, 3.05) is 0 Å². The van der Waals surface area contributed by atoms with Gasteiger partial charge >= 0.3 is 0 Å². The molecule has 0 aliphatic heterocycles. The lowest BCUT2D eigenvalue weighted by Crippen LogP contribution is -2.19. The zero-order chi connectivity index (χ0) is 14.3. The van der Waals surface area contributed by atoms with E-state index in [-0.39, 0.29) is 16.6 Å². The number of amidine groups is 1. The molecular formula is C12H20N4O2S. The van der Waals surface area contributed by atoms with Crippen molar-refractivity contribution in [3.8, 4) is 0 Å². The normalized spacial score (nSPS) is 13.5. The summed E-state index contributed by atoms with van der Waals surface area (Å²) in [6.07, 6.45) is 3.03. The molecule has 0 fully saturated rings. The van der Waals surface area contributed by atoms with Crippen molar-refractivity contribution >= 4 is 17.6 Å². The predicted octanol–water partition coefficient (Wildman–Crippen LogP) is 1.73. The molecule has 0 bridgehead atoms. The van der Waals surface area contributed by atoms with Gasteiger partial charge in [-0.25, -0.2) is 4.98 Å². The summed E-state index contributed by atoms with van der Waals surface area (Å²) >= 11 is 1.45. The summed E-state index contributed by atoms with van der Waals surface area (Å²) in [7, 11) is 0. The molecule has 19 heavy (non-hydrogen) atoms. The van der Waals surface area contributed by atoms with Crippen LogP contribution in [0, 0.1) is 0 Å². The quantitative estimate of drug-likeness (QED) is 0.177. The van der Waals surface area contributed by atoms with Crippen LogP contribution >= 0.6 is 11.8 Å². The van der Waals surface area contributed by atoms with Crippen LogP contribution in [0.1, 0.15) is 38.8 Å². The smallest absolute Gasteiger partial charge is 0.251 e. The molecule has 0 amide bonds. The molecule has 6 nitrogen and oxygen atoms in total. The molecule has 7 heteroatoms. The SMILES string of the molecule is CCCc1cc(=O)[nH]c(SC(CC)C/C(N)=N/O)n1. The van der Waals surface area contributed by atoms with Crippen molar-refractivity contribution in [3.05, 3.63) is 22.1 Å². The average molecular weight is 284 g/mol. The van der Waals surface area contributed by atoms with Crippen LogP contribution in [-0.2, 0) is 6.42 Å². The fraction of sp³-hybridized carbons (Fsp3) is 0.583. The number of aromatic nitrogens is 2. The van der Waals surface area contributed by atoms with E-state index >= 15 is 0 Å². The van der Waals surface area contributed by atoms with Crippen molar-refractivity contribution in [1.29, 1.82) is 0 Å². The molecule has 106 valence electrons. The molecule has 1 unspecified atom stereocenters. The van der Waals surface area contributed by atoms with E-state index in [0.29, 0.717) is 11.6 Å². The molecular weight excluding hydrogens is 264 g/mol. The molecule has 1 atom stereocenters. The van der Waals surface area contributed by atoms with E-state index in [1.165, 1.54) is 17.8 Å². The van der Waals surface area contributed by atoms with Gasteiger partial charge in [0, 0.05) is 23.4 Å². The minimum Gasteiger partial charge on any atom is -0.409 e. The number of aromatic amines is 1. The van der Waals surface area contributed by atoms with Gasteiger partial charge in [0.2, 0.25) is 0 Å². The molecule has 4 N–H and O–H groups in total. The molecule has 0 aromatic carbocycles. The molecule has 0 spiro atoms. The maximum Gasteiger partial charge on any atom is 0.251 e. The topological polar surface area (TPSA) is 104 Å². The highest BCUT2D eigenvalue weighted by atomic mass is 32.2. The van der Waals surface area contributed by atoms with Gasteiger partial charge in [0.1, 0.15) is 5.84 Å². The van der Waals surface area contributed by atoms with Gasteiger partial charge in [-0.1, -0.05) is 37.2 Å². The fourth-order valence-electron chi connectivity index (χ4n) is 1.62. The Labute approximate surface area is 116 Å². The Kier molecular flexibility index (Phi) is 6.41. The molecule has 0 aliphatic rings. The lowest BCUT2D eigenvalue weighted by Gasteiger charge is -2.12. The zero-order valence-corrected chi connectivity index (χ0v) is 12.0. The number of H-pyrrole nitrogens is 1. The van der Waals surface area contributed by atoms with E-state index in [1.54, 1.807) is 0 Å². The first kappa shape index (κ1) is 15.6. The number of aryl methyl sites for hydroxylation is 1. The highest BCUT2D eigenvalue weighted by Crippen LogP contribution is 2.24. The van der Waals surface area contributed by atoms with E-state index in [0.717, 1.165) is 25.0 Å². The van der Waals surface area contributed by atoms with Crippen LogP contribution in [0.15, 0.2) is 21.2 Å². The summed E-state index contributed by atoms with van der Waals surface area (Å²) in [4.78, 5) is 18.7. The summed E-state index contributed by atoms with van der Waals surface area (Å²) in [5, 5.41) is 12.3. The van der Waals surface area contributed by atoms with E-state index in [4.69, 9.17) is 10.9 Å². The summed E-state index contributed by atoms with van der Waals surface area (Å²) in [6, 6.07) is 1.53. The van der Waals surface area contributed by atoms with Gasteiger partial charge in [-0.2, -0.15) is 0 Å². The maximum absolute atomic E-state index is 11.5. The van der Waals surface area contributed by atoms with Crippen LogP contribution in [0.25, 0.3) is 0 Å². The molecule has 0 saturated carbocycles. The van der Waals surface area contributed by atoms with Gasteiger partial charge in [-0.05, 0) is 12.8 Å². The first-order valence-corrected chi connectivity index (χ1v) is 7.20. The lowest BCUT2D eigenvalue weighted by atomic mass is 10.2. The van der Waals surface area contributed by atoms with E-state index < -0.39 is 0 Å². The Balaban J connectivity index is 2.81. The number of hydrogen-bond donors (Lipinski definition) is 3. The van der Waals surface area contributed by atoms with Crippen molar-refractivity contribution < 1.29 is 5.21 Å². The Bertz CT molecular complexity index is 487. The Morgan fingerprint density at radius 1 is 1.63 bits per heavy atom. The first-order valence-electron chi connectivity index (χ1n) is 6.32. The Morgan fingerprint density at radius 2 is 2.37 bits per heavy atom. The minimum absolute atomic E-state index is 0.121. The third-order valence-corrected chi connectivity index (χ3v) is 3.83. The van der Waals surface area contributed by atoms with E-state index in [2.05, 4.69) is 15.1 Å². The van der Waals surface area contributed by atoms with Crippen molar-refractivity contribution in [2.45, 2.75) is 49.9 Å². The third kappa shape index (κ3) is 5.34. The number of nitrogens with one attached hydrogen (secondary N) is 1. The minimum atomic E-state index is -0.139. The monoisotopic (exact) mass is 284 g/mol. The number of nitrogens with zero attached hydrogens (tertiary/aromatic N) is 2. The number of hydrogen-bond acceptors (Lipinski definition) is 5. The maximum atomic E-state index is 11.5. The summed E-state index contributed by atoms with van der Waals surface area (Å²) in [5.41, 5.74) is 6.16. The average Bonchev–Trinajstić information content (AvgIpc) is 2.37. The molecule has 0 saturated heterocycles.